The first-order valence-corrected chi connectivity index (χ1v) is 11.2. The van der Waals surface area contributed by atoms with Gasteiger partial charge in [0, 0.05) is 0 Å². The Morgan fingerprint density at radius 2 is 1.19 bits per heavy atom. The molecule has 0 aliphatic rings. The summed E-state index contributed by atoms with van der Waals surface area (Å²) >= 11 is 0. The van der Waals surface area contributed by atoms with Gasteiger partial charge in [-0.1, -0.05) is 80.5 Å². The number of hydrogen-bond donors (Lipinski definition) is 1. The zero-order chi connectivity index (χ0) is 25.2. The van der Waals surface area contributed by atoms with Gasteiger partial charge in [-0.2, -0.15) is 4.89 Å². The number of carboxylic acid groups (broad SMARTS) is 1. The average molecular weight is 453 g/mol. The smallest absolute Gasteiger partial charge is 0.487 e. The highest BCUT2D eigenvalue weighted by molar-refractivity contribution is 5.57. The van der Waals surface area contributed by atoms with Gasteiger partial charge in [0.15, 0.2) is 6.61 Å². The van der Waals surface area contributed by atoms with E-state index in [0.717, 1.165) is 0 Å². The quantitative estimate of drug-likeness (QED) is 0.202. The molecule has 1 aromatic carbocycles. The Morgan fingerprint density at radius 1 is 0.750 bits per heavy atom. The summed E-state index contributed by atoms with van der Waals surface area (Å²) in [4.78, 5) is 24.1. The highest BCUT2D eigenvalue weighted by atomic mass is 17.2. The highest BCUT2D eigenvalue weighted by Gasteiger charge is 2.73. The van der Waals surface area contributed by atoms with Crippen molar-refractivity contribution in [3.05, 3.63) is 30.3 Å². The third-order valence-corrected chi connectivity index (χ3v) is 5.80. The molecule has 1 unspecified atom stereocenters. The lowest BCUT2D eigenvalue weighted by atomic mass is 9.41. The number of ether oxygens (including phenoxy) is 2. The van der Waals surface area contributed by atoms with Crippen molar-refractivity contribution in [1.82, 2.24) is 0 Å². The van der Waals surface area contributed by atoms with Gasteiger partial charge in [-0.3, -0.25) is 0 Å². The van der Waals surface area contributed by atoms with Crippen molar-refractivity contribution in [2.24, 2.45) is 21.7 Å². The summed E-state index contributed by atoms with van der Waals surface area (Å²) in [5, 5.41) is 9.92. The van der Waals surface area contributed by atoms with E-state index in [9.17, 15) is 9.90 Å². The van der Waals surface area contributed by atoms with Crippen LogP contribution in [0.3, 0.4) is 0 Å². The maximum Gasteiger partial charge on any atom is 0.508 e. The lowest BCUT2D eigenvalue weighted by Gasteiger charge is -2.66. The van der Waals surface area contributed by atoms with Crippen molar-refractivity contribution >= 4 is 6.16 Å². The maximum atomic E-state index is 12.2. The van der Waals surface area contributed by atoms with Crippen molar-refractivity contribution in [2.75, 3.05) is 6.61 Å². The molecule has 1 N–H and O–H groups in total. The van der Waals surface area contributed by atoms with Crippen LogP contribution in [0.2, 0.25) is 0 Å². The van der Waals surface area contributed by atoms with Gasteiger partial charge in [0.05, 0.1) is 11.0 Å². The molecule has 0 spiro atoms. The van der Waals surface area contributed by atoms with Crippen LogP contribution in [0.25, 0.3) is 0 Å². The van der Waals surface area contributed by atoms with Crippen molar-refractivity contribution < 1.29 is 29.1 Å². The van der Waals surface area contributed by atoms with E-state index in [1.165, 1.54) is 0 Å². The molecule has 32 heavy (non-hydrogen) atoms. The zero-order valence-corrected chi connectivity index (χ0v) is 22.1. The fraction of sp³-hybridized carbons (Fsp3) is 0.731. The Bertz CT molecular complexity index is 708. The molecular formula is C26H44O6. The van der Waals surface area contributed by atoms with Gasteiger partial charge in [0.2, 0.25) is 0 Å². The molecule has 1 aromatic rings. The number of carbonyl (C=O) groups is 1. The molecule has 0 saturated carbocycles. The molecule has 184 valence electrons. The molecule has 1 rings (SSSR count). The Hall–Kier alpha value is -1.79. The van der Waals surface area contributed by atoms with E-state index in [2.05, 4.69) is 62.3 Å². The van der Waals surface area contributed by atoms with Gasteiger partial charge < -0.3 is 14.6 Å². The van der Waals surface area contributed by atoms with E-state index in [0.29, 0.717) is 5.75 Å². The summed E-state index contributed by atoms with van der Waals surface area (Å²) in [6, 6.07) is 9.21. The molecule has 0 aromatic heterocycles. The molecule has 6 nitrogen and oxygen atoms in total. The van der Waals surface area contributed by atoms with E-state index in [1.807, 2.05) is 51.1 Å². The molecule has 6 heteroatoms. The summed E-state index contributed by atoms with van der Waals surface area (Å²) in [7, 11) is 0. The minimum Gasteiger partial charge on any atom is -0.487 e. The molecule has 0 saturated heterocycles. The minimum atomic E-state index is -1.79. The minimum absolute atomic E-state index is 0.189. The summed E-state index contributed by atoms with van der Waals surface area (Å²) < 4.78 is 11.9. The lowest BCUT2D eigenvalue weighted by Crippen LogP contribution is -2.72. The Labute approximate surface area is 194 Å². The average Bonchev–Trinajstić information content (AvgIpc) is 2.54. The van der Waals surface area contributed by atoms with E-state index in [4.69, 9.17) is 19.2 Å². The molecule has 0 aliphatic carbocycles. The molecule has 0 bridgehead atoms. The van der Waals surface area contributed by atoms with E-state index in [1.54, 1.807) is 0 Å². The van der Waals surface area contributed by atoms with Crippen LogP contribution in [-0.4, -0.2) is 29.3 Å². The number of hydrogen-bond acceptors (Lipinski definition) is 5. The third-order valence-electron chi connectivity index (χ3n) is 5.80. The van der Waals surface area contributed by atoms with Crippen molar-refractivity contribution in [3.8, 4) is 5.75 Å². The van der Waals surface area contributed by atoms with Gasteiger partial charge in [-0.25, -0.2) is 9.68 Å². The van der Waals surface area contributed by atoms with Crippen LogP contribution in [-0.2, 0) is 14.5 Å². The van der Waals surface area contributed by atoms with E-state index >= 15 is 0 Å². The van der Waals surface area contributed by atoms with Gasteiger partial charge in [-0.05, 0) is 49.1 Å². The summed E-state index contributed by atoms with van der Waals surface area (Å²) in [5.41, 5.74) is -3.13. The Balaban J connectivity index is 3.95. The van der Waals surface area contributed by atoms with Crippen LogP contribution in [0.1, 0.15) is 83.1 Å². The topological polar surface area (TPSA) is 74.2 Å². The first kappa shape index (κ1) is 28.2. The molecular weight excluding hydrogens is 408 g/mol. The van der Waals surface area contributed by atoms with Gasteiger partial charge in [0.1, 0.15) is 5.75 Å². The monoisotopic (exact) mass is 452 g/mol. The van der Waals surface area contributed by atoms with Crippen LogP contribution in [0.15, 0.2) is 30.3 Å². The Kier molecular flexibility index (Phi) is 8.14. The molecule has 0 fully saturated rings. The van der Waals surface area contributed by atoms with Crippen LogP contribution in [0.4, 0.5) is 4.79 Å². The highest BCUT2D eigenvalue weighted by Crippen LogP contribution is 2.68. The maximum absolute atomic E-state index is 12.2. The summed E-state index contributed by atoms with van der Waals surface area (Å²) in [6.45, 7) is 24.0. The molecule has 0 radical (unpaired) electrons. The predicted octanol–water partition coefficient (Wildman–Crippen LogP) is 7.33. The Morgan fingerprint density at radius 3 is 1.53 bits per heavy atom. The molecule has 0 amide bonds. The molecule has 1 atom stereocenters. The second-order valence-corrected chi connectivity index (χ2v) is 12.5. The standard InChI is InChI=1S/C26H44O6/c1-21(2,3)26(22(4,5)6,23(7,8)9)25(30-20(27)28,32-31-24(10,11)12)18-29-19-16-14-13-15-17-19/h13-17H,18H2,1-12H3,(H,27,28). The lowest BCUT2D eigenvalue weighted by molar-refractivity contribution is -0.505. The number of benzene rings is 1. The fourth-order valence-corrected chi connectivity index (χ4v) is 6.44. The third kappa shape index (κ3) is 5.76. The van der Waals surface area contributed by atoms with Crippen molar-refractivity contribution in [3.63, 3.8) is 0 Å². The molecule has 0 heterocycles. The number of rotatable bonds is 7. The second-order valence-electron chi connectivity index (χ2n) is 12.5. The van der Waals surface area contributed by atoms with Gasteiger partial charge >= 0.3 is 6.16 Å². The van der Waals surface area contributed by atoms with E-state index in [-0.39, 0.29) is 6.61 Å². The largest absolute Gasteiger partial charge is 0.508 e. The van der Waals surface area contributed by atoms with Crippen LogP contribution < -0.4 is 4.74 Å². The summed E-state index contributed by atoms with van der Waals surface area (Å²) in [5.74, 6) is -1.22. The van der Waals surface area contributed by atoms with Crippen molar-refractivity contribution in [1.29, 1.82) is 0 Å². The zero-order valence-electron chi connectivity index (χ0n) is 22.1. The van der Waals surface area contributed by atoms with Crippen LogP contribution in [0.5, 0.6) is 5.75 Å². The fourth-order valence-electron chi connectivity index (χ4n) is 6.44. The van der Waals surface area contributed by atoms with Crippen molar-refractivity contribution in [2.45, 2.75) is 94.5 Å². The molecule has 0 aliphatic heterocycles. The SMILES string of the molecule is CC(C)(C)OOC(COc1ccccc1)(OC(=O)O)C(C(C)(C)C)(C(C)(C)C)C(C)(C)C. The number of para-hydroxylation sites is 1. The van der Waals surface area contributed by atoms with Gasteiger partial charge in [-0.15, -0.1) is 0 Å². The first-order valence-electron chi connectivity index (χ1n) is 11.2. The van der Waals surface area contributed by atoms with Crippen LogP contribution >= 0.6 is 0 Å². The summed E-state index contributed by atoms with van der Waals surface area (Å²) in [6.07, 6.45) is -1.46. The normalized spacial score (nSPS) is 15.8. The first-order chi connectivity index (χ1) is 14.2. The second kappa shape index (κ2) is 9.22. The van der Waals surface area contributed by atoms with Gasteiger partial charge in [0.25, 0.3) is 5.79 Å². The van der Waals surface area contributed by atoms with Crippen LogP contribution in [0, 0.1) is 21.7 Å². The predicted molar refractivity (Wildman–Crippen MR) is 126 cm³/mol. The van der Waals surface area contributed by atoms with E-state index < -0.39 is 39.2 Å².